The molecular weight excluding hydrogens is 520 g/mol. The van der Waals surface area contributed by atoms with Gasteiger partial charge in [0, 0.05) is 55.4 Å². The van der Waals surface area contributed by atoms with Gasteiger partial charge in [0.25, 0.3) is 0 Å². The topological polar surface area (TPSA) is 111 Å². The van der Waals surface area contributed by atoms with Gasteiger partial charge in [-0.05, 0) is 29.5 Å². The van der Waals surface area contributed by atoms with Crippen LogP contribution in [0.3, 0.4) is 0 Å². The van der Waals surface area contributed by atoms with Gasteiger partial charge in [0.05, 0.1) is 0 Å². The lowest BCUT2D eigenvalue weighted by Gasteiger charge is -2.25. The van der Waals surface area contributed by atoms with Crippen LogP contribution in [-0.4, -0.2) is 73.8 Å². The van der Waals surface area contributed by atoms with Gasteiger partial charge in [-0.2, -0.15) is 26.3 Å². The molecule has 2 aromatic rings. The Morgan fingerprint density at radius 3 is 2.08 bits per heavy atom. The van der Waals surface area contributed by atoms with E-state index < -0.39 is 24.3 Å². The van der Waals surface area contributed by atoms with Crippen molar-refractivity contribution in [2.45, 2.75) is 50.4 Å². The zero-order chi connectivity index (χ0) is 27.1. The van der Waals surface area contributed by atoms with Crippen molar-refractivity contribution in [3.8, 4) is 0 Å². The zero-order valence-corrected chi connectivity index (χ0v) is 19.2. The first-order valence-electron chi connectivity index (χ1n) is 10.2. The maximum Gasteiger partial charge on any atom is 0.490 e. The van der Waals surface area contributed by atoms with Crippen molar-refractivity contribution < 1.29 is 50.9 Å². The summed E-state index contributed by atoms with van der Waals surface area (Å²) in [6, 6.07) is 9.01. The van der Waals surface area contributed by atoms with Gasteiger partial charge in [0.1, 0.15) is 0 Å². The lowest BCUT2D eigenvalue weighted by Crippen LogP contribution is -2.36. The number of carboxylic acid groups (broad SMARTS) is 2. The first kappa shape index (κ1) is 29.0. The largest absolute Gasteiger partial charge is 0.490 e. The number of carbonyl (C=O) groups excluding carboxylic acids is 1. The number of aliphatic carboxylic acids is 2. The summed E-state index contributed by atoms with van der Waals surface area (Å²) < 4.78 is 63.5. The van der Waals surface area contributed by atoms with Crippen molar-refractivity contribution >= 4 is 29.2 Å². The number of halogens is 6. The molecule has 2 atom stereocenters. The van der Waals surface area contributed by atoms with E-state index in [9.17, 15) is 31.1 Å². The highest BCUT2D eigenvalue weighted by atomic mass is 32.1. The van der Waals surface area contributed by atoms with E-state index in [4.69, 9.17) is 19.8 Å². The van der Waals surface area contributed by atoms with Gasteiger partial charge >= 0.3 is 24.3 Å². The van der Waals surface area contributed by atoms with E-state index in [0.29, 0.717) is 25.0 Å². The van der Waals surface area contributed by atoms with E-state index in [-0.39, 0.29) is 5.91 Å². The van der Waals surface area contributed by atoms with Crippen LogP contribution in [0.2, 0.25) is 0 Å². The summed E-state index contributed by atoms with van der Waals surface area (Å²) in [5.74, 6) is -5.23. The standard InChI is InChI=1S/C17H19N3OS.2C2HF3O2/c21-17-9-16-15(20(17)11-13-3-1-6-18-10-13)5-7-19(16)12-14-4-2-8-22-14;2*3-2(4,5)1(6)7/h1-4,6,8,10,15-16H,5,7,9,11-12H2;2*(H,6,7). The van der Waals surface area contributed by atoms with Crippen molar-refractivity contribution in [1.82, 2.24) is 14.8 Å². The van der Waals surface area contributed by atoms with Crippen molar-refractivity contribution in [1.29, 1.82) is 0 Å². The van der Waals surface area contributed by atoms with Crippen molar-refractivity contribution in [2.75, 3.05) is 6.54 Å². The number of nitrogens with zero attached hydrogens (tertiary/aromatic N) is 3. The van der Waals surface area contributed by atoms with Gasteiger partial charge in [0.15, 0.2) is 0 Å². The van der Waals surface area contributed by atoms with Gasteiger partial charge < -0.3 is 15.1 Å². The van der Waals surface area contributed by atoms with E-state index in [0.717, 1.165) is 25.1 Å². The lowest BCUT2D eigenvalue weighted by molar-refractivity contribution is -0.193. The van der Waals surface area contributed by atoms with E-state index in [1.807, 2.05) is 18.3 Å². The highest BCUT2D eigenvalue weighted by Gasteiger charge is 2.46. The summed E-state index contributed by atoms with van der Waals surface area (Å²) in [6.45, 7) is 2.76. The Hall–Kier alpha value is -3.20. The fourth-order valence-electron chi connectivity index (χ4n) is 3.70. The minimum Gasteiger partial charge on any atom is -0.475 e. The predicted octanol–water partition coefficient (Wildman–Crippen LogP) is 3.79. The first-order valence-corrected chi connectivity index (χ1v) is 11.1. The Balaban J connectivity index is 0.000000271. The predicted molar refractivity (Wildman–Crippen MR) is 114 cm³/mol. The summed E-state index contributed by atoms with van der Waals surface area (Å²) in [5.41, 5.74) is 1.12. The van der Waals surface area contributed by atoms with Crippen LogP contribution in [0.1, 0.15) is 23.3 Å². The second-order valence-corrected chi connectivity index (χ2v) is 8.70. The van der Waals surface area contributed by atoms with Gasteiger partial charge in [-0.15, -0.1) is 11.3 Å². The summed E-state index contributed by atoms with van der Waals surface area (Å²) in [4.78, 5) is 40.3. The fraction of sp³-hybridized carbons (Fsp3) is 0.429. The van der Waals surface area contributed by atoms with Gasteiger partial charge in [-0.25, -0.2) is 9.59 Å². The Morgan fingerprint density at radius 2 is 1.61 bits per heavy atom. The molecule has 2 unspecified atom stereocenters. The van der Waals surface area contributed by atoms with E-state index in [1.54, 1.807) is 17.5 Å². The van der Waals surface area contributed by atoms with Crippen LogP contribution in [0.15, 0.2) is 42.0 Å². The molecule has 2 aromatic heterocycles. The maximum absolute atomic E-state index is 12.4. The van der Waals surface area contributed by atoms with Crippen LogP contribution in [0.4, 0.5) is 26.3 Å². The monoisotopic (exact) mass is 541 g/mol. The molecule has 2 N–H and O–H groups in total. The number of hydrogen-bond donors (Lipinski definition) is 2. The normalized spacial score (nSPS) is 19.6. The quantitative estimate of drug-likeness (QED) is 0.567. The highest BCUT2D eigenvalue weighted by Crippen LogP contribution is 2.34. The molecule has 0 radical (unpaired) electrons. The average Bonchev–Trinajstić information content (AvgIpc) is 3.49. The number of rotatable bonds is 4. The second-order valence-electron chi connectivity index (χ2n) is 7.67. The third-order valence-corrected chi connectivity index (χ3v) is 6.09. The van der Waals surface area contributed by atoms with E-state index in [1.165, 1.54) is 4.88 Å². The number of carbonyl (C=O) groups is 3. The number of thiophene rings is 1. The SMILES string of the molecule is O=C(O)C(F)(F)F.O=C(O)C(F)(F)F.O=C1CC2C(CCN2Cc2cccs2)N1Cc1cccnc1. The molecule has 0 aliphatic carbocycles. The number of alkyl halides is 6. The Morgan fingerprint density at radius 1 is 1.00 bits per heavy atom. The molecule has 15 heteroatoms. The number of likely N-dealkylation sites (tertiary alicyclic amines) is 2. The first-order chi connectivity index (χ1) is 16.7. The minimum absolute atomic E-state index is 0.287. The number of pyridine rings is 1. The van der Waals surface area contributed by atoms with Crippen LogP contribution < -0.4 is 0 Å². The maximum atomic E-state index is 12.4. The third kappa shape index (κ3) is 8.48. The van der Waals surface area contributed by atoms with Crippen LogP contribution >= 0.6 is 11.3 Å². The minimum atomic E-state index is -5.08. The molecule has 198 valence electrons. The smallest absolute Gasteiger partial charge is 0.475 e. The molecule has 0 aromatic carbocycles. The fourth-order valence-corrected chi connectivity index (χ4v) is 4.43. The van der Waals surface area contributed by atoms with E-state index >= 15 is 0 Å². The molecule has 2 saturated heterocycles. The Bertz CT molecular complexity index is 993. The number of aromatic nitrogens is 1. The van der Waals surface area contributed by atoms with Crippen molar-refractivity contribution in [2.24, 2.45) is 0 Å². The molecule has 8 nitrogen and oxygen atoms in total. The lowest BCUT2D eigenvalue weighted by atomic mass is 10.1. The molecule has 2 aliphatic heterocycles. The number of fused-ring (bicyclic) bond motifs is 1. The van der Waals surface area contributed by atoms with Crippen LogP contribution in [0.25, 0.3) is 0 Å². The van der Waals surface area contributed by atoms with Gasteiger partial charge in [0.2, 0.25) is 5.91 Å². The molecule has 2 fully saturated rings. The summed E-state index contributed by atoms with van der Waals surface area (Å²) in [5, 5.41) is 16.4. The zero-order valence-electron chi connectivity index (χ0n) is 18.4. The molecule has 0 saturated carbocycles. The molecule has 4 rings (SSSR count). The van der Waals surface area contributed by atoms with Gasteiger partial charge in [-0.3, -0.25) is 14.7 Å². The summed E-state index contributed by atoms with van der Waals surface area (Å²) in [6.07, 6.45) is -4.78. The number of amides is 1. The number of carboxylic acids is 2. The highest BCUT2D eigenvalue weighted by molar-refractivity contribution is 7.09. The molecule has 0 bridgehead atoms. The van der Waals surface area contributed by atoms with Crippen LogP contribution in [-0.2, 0) is 27.5 Å². The van der Waals surface area contributed by atoms with Gasteiger partial charge in [-0.1, -0.05) is 12.1 Å². The van der Waals surface area contributed by atoms with E-state index in [2.05, 4.69) is 32.3 Å². The Labute approximate surface area is 204 Å². The van der Waals surface area contributed by atoms with Crippen molar-refractivity contribution in [3.63, 3.8) is 0 Å². The van der Waals surface area contributed by atoms with Crippen LogP contribution in [0, 0.1) is 0 Å². The molecule has 1 amide bonds. The summed E-state index contributed by atoms with van der Waals surface area (Å²) in [7, 11) is 0. The molecule has 4 heterocycles. The third-order valence-electron chi connectivity index (χ3n) is 5.23. The van der Waals surface area contributed by atoms with Crippen molar-refractivity contribution in [3.05, 3.63) is 52.5 Å². The molecular formula is C21H21F6N3O5S. The van der Waals surface area contributed by atoms with Crippen LogP contribution in [0.5, 0.6) is 0 Å². The Kier molecular flexibility index (Phi) is 9.81. The number of hydrogen-bond acceptors (Lipinski definition) is 6. The molecule has 0 spiro atoms. The average molecular weight is 541 g/mol. The molecule has 2 aliphatic rings. The molecule has 36 heavy (non-hydrogen) atoms. The second kappa shape index (κ2) is 12.2. The summed E-state index contributed by atoms with van der Waals surface area (Å²) >= 11 is 1.80.